The molecule has 2 aliphatic rings. The van der Waals surface area contributed by atoms with Crippen LogP contribution in [-0.4, -0.2) is 52.9 Å². The predicted molar refractivity (Wildman–Crippen MR) is 123 cm³/mol. The number of piperidine rings is 2. The number of rotatable bonds is 6. The highest BCUT2D eigenvalue weighted by molar-refractivity contribution is 7.09. The molecule has 0 aliphatic carbocycles. The lowest BCUT2D eigenvalue weighted by Gasteiger charge is -2.35. The Kier molecular flexibility index (Phi) is 7.41. The van der Waals surface area contributed by atoms with E-state index in [-0.39, 0.29) is 11.8 Å². The van der Waals surface area contributed by atoms with Crippen LogP contribution < -0.4 is 5.32 Å². The van der Waals surface area contributed by atoms with Gasteiger partial charge >= 0.3 is 0 Å². The molecule has 0 unspecified atom stereocenters. The van der Waals surface area contributed by atoms with Crippen LogP contribution in [0.4, 0.5) is 0 Å². The topological polar surface area (TPSA) is 48.5 Å². The summed E-state index contributed by atoms with van der Waals surface area (Å²) in [4.78, 5) is 22.2. The average molecular weight is 447 g/mol. The highest BCUT2D eigenvalue weighted by Crippen LogP contribution is 2.21. The van der Waals surface area contributed by atoms with Gasteiger partial charge in [-0.15, -0.1) is 11.3 Å². The molecule has 0 bridgehead atoms. The summed E-state index contributed by atoms with van der Waals surface area (Å²) in [5.74, 6) is 0.417. The molecule has 0 atom stereocenters. The van der Waals surface area contributed by atoms with Gasteiger partial charge in [-0.1, -0.05) is 23.7 Å². The van der Waals surface area contributed by atoms with Crippen LogP contribution in [0.25, 0.3) is 0 Å². The average Bonchev–Trinajstić information content (AvgIpc) is 3.16. The SMILES string of the molecule is Cc1nc(CN2CCC(C(=O)NC3CCN(Cc4ccc(Cl)cc4)CC3)CC2)cs1. The van der Waals surface area contributed by atoms with Crippen LogP contribution >= 0.6 is 22.9 Å². The van der Waals surface area contributed by atoms with Crippen LogP contribution in [0.15, 0.2) is 29.6 Å². The minimum atomic E-state index is 0.158. The number of hydrogen-bond acceptors (Lipinski definition) is 5. The van der Waals surface area contributed by atoms with Crippen molar-refractivity contribution in [2.24, 2.45) is 5.92 Å². The predicted octanol–water partition coefficient (Wildman–Crippen LogP) is 4.10. The second-order valence-electron chi connectivity index (χ2n) is 8.59. The number of aromatic nitrogens is 1. The molecule has 1 amide bonds. The number of nitrogens with one attached hydrogen (secondary N) is 1. The fourth-order valence-electron chi connectivity index (χ4n) is 4.47. The number of carbonyl (C=O) groups excluding carboxylic acids is 1. The molecule has 0 radical (unpaired) electrons. The first kappa shape index (κ1) is 21.8. The lowest BCUT2D eigenvalue weighted by atomic mass is 9.94. The summed E-state index contributed by atoms with van der Waals surface area (Å²) in [6.07, 6.45) is 3.96. The summed E-state index contributed by atoms with van der Waals surface area (Å²) >= 11 is 7.68. The summed E-state index contributed by atoms with van der Waals surface area (Å²) in [6.45, 7) is 7.92. The van der Waals surface area contributed by atoms with Crippen LogP contribution in [0.5, 0.6) is 0 Å². The quantitative estimate of drug-likeness (QED) is 0.725. The number of likely N-dealkylation sites (tertiary alicyclic amines) is 2. The van der Waals surface area contributed by atoms with Crippen molar-refractivity contribution in [3.8, 4) is 0 Å². The van der Waals surface area contributed by atoms with Gasteiger partial charge in [-0.05, 0) is 63.4 Å². The summed E-state index contributed by atoms with van der Waals surface area (Å²) in [6, 6.07) is 8.41. The van der Waals surface area contributed by atoms with E-state index in [0.29, 0.717) is 6.04 Å². The molecule has 30 heavy (non-hydrogen) atoms. The molecule has 4 rings (SSSR count). The van der Waals surface area contributed by atoms with Crippen molar-refractivity contribution >= 4 is 28.8 Å². The fourth-order valence-corrected chi connectivity index (χ4v) is 5.20. The van der Waals surface area contributed by atoms with Gasteiger partial charge in [0.05, 0.1) is 10.7 Å². The molecule has 1 aromatic heterocycles. The van der Waals surface area contributed by atoms with Crippen molar-refractivity contribution in [2.45, 2.75) is 51.7 Å². The van der Waals surface area contributed by atoms with Gasteiger partial charge in [-0.25, -0.2) is 4.98 Å². The minimum absolute atomic E-state index is 0.158. The molecule has 1 aromatic carbocycles. The molecule has 2 fully saturated rings. The molecule has 0 spiro atoms. The third-order valence-corrected chi connectivity index (χ3v) is 7.34. The van der Waals surface area contributed by atoms with E-state index in [2.05, 4.69) is 37.6 Å². The largest absolute Gasteiger partial charge is 0.353 e. The summed E-state index contributed by atoms with van der Waals surface area (Å²) in [5, 5.41) is 7.39. The smallest absolute Gasteiger partial charge is 0.223 e. The maximum atomic E-state index is 12.8. The van der Waals surface area contributed by atoms with E-state index < -0.39 is 0 Å². The zero-order valence-electron chi connectivity index (χ0n) is 17.6. The minimum Gasteiger partial charge on any atom is -0.353 e. The summed E-state index contributed by atoms with van der Waals surface area (Å²) < 4.78 is 0. The number of thiazole rings is 1. The van der Waals surface area contributed by atoms with Crippen LogP contribution in [0.1, 0.15) is 41.9 Å². The number of nitrogens with zero attached hydrogens (tertiary/aromatic N) is 3. The van der Waals surface area contributed by atoms with Gasteiger partial charge in [0.1, 0.15) is 0 Å². The molecule has 1 N–H and O–H groups in total. The fraction of sp³-hybridized carbons (Fsp3) is 0.565. The Morgan fingerprint density at radius 3 is 2.33 bits per heavy atom. The zero-order valence-corrected chi connectivity index (χ0v) is 19.2. The number of carbonyl (C=O) groups is 1. The van der Waals surface area contributed by atoms with Crippen molar-refractivity contribution in [3.05, 3.63) is 50.9 Å². The van der Waals surface area contributed by atoms with Crippen molar-refractivity contribution in [2.75, 3.05) is 26.2 Å². The molecular formula is C23H31ClN4OS. The van der Waals surface area contributed by atoms with Gasteiger partial charge in [0.15, 0.2) is 0 Å². The number of benzene rings is 1. The van der Waals surface area contributed by atoms with Crippen molar-refractivity contribution < 1.29 is 4.79 Å². The van der Waals surface area contributed by atoms with Gasteiger partial charge in [0, 0.05) is 48.5 Å². The van der Waals surface area contributed by atoms with Crippen LogP contribution in [0.2, 0.25) is 5.02 Å². The molecule has 7 heteroatoms. The Bertz CT molecular complexity index is 824. The lowest BCUT2D eigenvalue weighted by Crippen LogP contribution is -2.47. The van der Waals surface area contributed by atoms with Crippen LogP contribution in [0.3, 0.4) is 0 Å². The highest BCUT2D eigenvalue weighted by Gasteiger charge is 2.28. The van der Waals surface area contributed by atoms with Gasteiger partial charge in [-0.2, -0.15) is 0 Å². The van der Waals surface area contributed by atoms with E-state index >= 15 is 0 Å². The molecule has 2 saturated heterocycles. The molecule has 2 aliphatic heterocycles. The third kappa shape index (κ3) is 6.03. The van der Waals surface area contributed by atoms with E-state index in [4.69, 9.17) is 11.6 Å². The lowest BCUT2D eigenvalue weighted by molar-refractivity contribution is -0.127. The van der Waals surface area contributed by atoms with Gasteiger partial charge in [0.25, 0.3) is 0 Å². The van der Waals surface area contributed by atoms with Gasteiger partial charge < -0.3 is 5.32 Å². The Morgan fingerprint density at radius 1 is 1.07 bits per heavy atom. The van der Waals surface area contributed by atoms with Crippen LogP contribution in [-0.2, 0) is 17.9 Å². The Labute approximate surface area is 188 Å². The summed E-state index contributed by atoms with van der Waals surface area (Å²) in [7, 11) is 0. The zero-order chi connectivity index (χ0) is 20.9. The van der Waals surface area contributed by atoms with Crippen molar-refractivity contribution in [3.63, 3.8) is 0 Å². The Morgan fingerprint density at radius 2 is 1.70 bits per heavy atom. The number of hydrogen-bond donors (Lipinski definition) is 1. The monoisotopic (exact) mass is 446 g/mol. The normalized spacial score (nSPS) is 19.8. The summed E-state index contributed by atoms with van der Waals surface area (Å²) in [5.41, 5.74) is 2.45. The Balaban J connectivity index is 1.16. The molecular weight excluding hydrogens is 416 g/mol. The Hall–Kier alpha value is -1.47. The van der Waals surface area contributed by atoms with E-state index in [1.54, 1.807) is 11.3 Å². The van der Waals surface area contributed by atoms with E-state index in [0.717, 1.165) is 80.7 Å². The molecule has 3 heterocycles. The maximum Gasteiger partial charge on any atom is 0.223 e. The number of aryl methyl sites for hydroxylation is 1. The van der Waals surface area contributed by atoms with E-state index in [1.165, 1.54) is 5.56 Å². The molecule has 2 aromatic rings. The highest BCUT2D eigenvalue weighted by atomic mass is 35.5. The maximum absolute atomic E-state index is 12.8. The molecule has 0 saturated carbocycles. The molecule has 162 valence electrons. The van der Waals surface area contributed by atoms with E-state index in [9.17, 15) is 4.79 Å². The van der Waals surface area contributed by atoms with Crippen molar-refractivity contribution in [1.82, 2.24) is 20.1 Å². The van der Waals surface area contributed by atoms with Gasteiger partial charge in [0.2, 0.25) is 5.91 Å². The van der Waals surface area contributed by atoms with E-state index in [1.807, 2.05) is 19.1 Å². The number of amides is 1. The first-order valence-corrected chi connectivity index (χ1v) is 12.2. The standard InChI is InChI=1S/C23H31ClN4OS/c1-17-25-22(16-30-17)15-28-10-6-19(7-11-28)23(29)26-21-8-12-27(13-9-21)14-18-2-4-20(24)5-3-18/h2-5,16,19,21H,6-15H2,1H3,(H,26,29). The van der Waals surface area contributed by atoms with Gasteiger partial charge in [-0.3, -0.25) is 14.6 Å². The molecule has 5 nitrogen and oxygen atoms in total. The first-order valence-electron chi connectivity index (χ1n) is 11.0. The first-order chi connectivity index (χ1) is 14.5. The van der Waals surface area contributed by atoms with Crippen LogP contribution in [0, 0.1) is 12.8 Å². The van der Waals surface area contributed by atoms with Crippen molar-refractivity contribution in [1.29, 1.82) is 0 Å². The second kappa shape index (κ2) is 10.2. The third-order valence-electron chi connectivity index (χ3n) is 6.26. The second-order valence-corrected chi connectivity index (χ2v) is 10.1. The number of halogens is 1.